The van der Waals surface area contributed by atoms with Gasteiger partial charge in [-0.05, 0) is 48.2 Å². The lowest BCUT2D eigenvalue weighted by atomic mass is 10.0. The fourth-order valence-corrected chi connectivity index (χ4v) is 3.43. The first-order valence-electron chi connectivity index (χ1n) is 10.4. The van der Waals surface area contributed by atoms with Gasteiger partial charge in [0, 0.05) is 12.7 Å². The highest BCUT2D eigenvalue weighted by atomic mass is 16.6. The number of nitrogens with one attached hydrogen (secondary N) is 1. The van der Waals surface area contributed by atoms with Crippen LogP contribution in [0, 0.1) is 5.92 Å². The predicted molar refractivity (Wildman–Crippen MR) is 120 cm³/mol. The molecule has 1 N–H and O–H groups in total. The normalized spacial score (nSPS) is 15.8. The average Bonchev–Trinajstić information content (AvgIpc) is 3.18. The van der Waals surface area contributed by atoms with Crippen molar-refractivity contribution in [1.82, 2.24) is 9.97 Å². The predicted octanol–water partition coefficient (Wildman–Crippen LogP) is 4.90. The summed E-state index contributed by atoms with van der Waals surface area (Å²) in [6, 6.07) is 19.4. The molecule has 1 aliphatic heterocycles. The number of rotatable bonds is 8. The maximum absolute atomic E-state index is 12.2. The van der Waals surface area contributed by atoms with Crippen LogP contribution in [0.5, 0.6) is 11.5 Å². The summed E-state index contributed by atoms with van der Waals surface area (Å²) in [5, 5.41) is 3.24. The summed E-state index contributed by atoms with van der Waals surface area (Å²) in [5.41, 5.74) is 1.17. The van der Waals surface area contributed by atoms with Crippen molar-refractivity contribution in [2.75, 3.05) is 23.4 Å². The molecule has 1 amide bonds. The minimum Gasteiger partial charge on any atom is -0.457 e. The van der Waals surface area contributed by atoms with Gasteiger partial charge in [-0.3, -0.25) is 4.90 Å². The summed E-state index contributed by atoms with van der Waals surface area (Å²) < 4.78 is 11.0. The van der Waals surface area contributed by atoms with Gasteiger partial charge in [-0.25, -0.2) is 9.78 Å². The number of aromatic nitrogens is 2. The van der Waals surface area contributed by atoms with Crippen molar-refractivity contribution in [3.63, 3.8) is 0 Å². The number of benzene rings is 2. The first-order valence-corrected chi connectivity index (χ1v) is 10.4. The van der Waals surface area contributed by atoms with Crippen molar-refractivity contribution in [2.45, 2.75) is 26.3 Å². The smallest absolute Gasteiger partial charge is 0.415 e. The molecule has 7 nitrogen and oxygen atoms in total. The zero-order valence-corrected chi connectivity index (χ0v) is 17.7. The number of nitrogens with zero attached hydrogens (tertiary/aromatic N) is 3. The average molecular weight is 418 g/mol. The van der Waals surface area contributed by atoms with Crippen molar-refractivity contribution >= 4 is 17.9 Å². The van der Waals surface area contributed by atoms with Gasteiger partial charge in [0.2, 0.25) is 5.95 Å². The molecular formula is C24H26N4O3. The topological polar surface area (TPSA) is 76.6 Å². The minimum absolute atomic E-state index is 0.0214. The number of anilines is 2. The molecule has 160 valence electrons. The molecule has 1 saturated heterocycles. The highest BCUT2D eigenvalue weighted by Gasteiger charge is 2.37. The van der Waals surface area contributed by atoms with Crippen LogP contribution in [0.4, 0.5) is 16.6 Å². The second-order valence-electron chi connectivity index (χ2n) is 7.73. The quantitative estimate of drug-likeness (QED) is 0.560. The maximum atomic E-state index is 12.2. The molecule has 0 radical (unpaired) electrons. The van der Waals surface area contributed by atoms with Crippen molar-refractivity contribution in [3.8, 4) is 11.5 Å². The van der Waals surface area contributed by atoms with E-state index in [1.165, 1.54) is 5.56 Å². The van der Waals surface area contributed by atoms with E-state index in [0.29, 0.717) is 24.9 Å². The largest absolute Gasteiger partial charge is 0.457 e. The van der Waals surface area contributed by atoms with E-state index < -0.39 is 0 Å². The van der Waals surface area contributed by atoms with E-state index in [0.717, 1.165) is 17.9 Å². The van der Waals surface area contributed by atoms with Crippen LogP contribution in [0.1, 0.15) is 19.4 Å². The molecule has 0 spiro atoms. The lowest BCUT2D eigenvalue weighted by Gasteiger charge is -2.23. The van der Waals surface area contributed by atoms with Gasteiger partial charge >= 0.3 is 6.09 Å². The number of hydrogen-bond acceptors (Lipinski definition) is 6. The molecule has 0 aliphatic carbocycles. The Bertz CT molecular complexity index is 1010. The fourth-order valence-electron chi connectivity index (χ4n) is 3.43. The molecule has 1 aliphatic rings. The SMILES string of the molecule is CC(C)[C@H]1COC(=O)N1c1ccnc(NCCc2ccc(Oc3ccccc3)cc2)n1. The number of para-hydroxylation sites is 1. The van der Waals surface area contributed by atoms with E-state index in [9.17, 15) is 4.79 Å². The fraction of sp³-hybridized carbons (Fsp3) is 0.292. The van der Waals surface area contributed by atoms with Gasteiger partial charge in [0.1, 0.15) is 23.9 Å². The Balaban J connectivity index is 1.33. The summed E-state index contributed by atoms with van der Waals surface area (Å²) in [5.74, 6) is 2.93. The Kier molecular flexibility index (Phi) is 6.31. The number of ether oxygens (including phenoxy) is 2. The molecule has 2 heterocycles. The first-order chi connectivity index (χ1) is 15.1. The number of cyclic esters (lactones) is 1. The second-order valence-corrected chi connectivity index (χ2v) is 7.73. The summed E-state index contributed by atoms with van der Waals surface area (Å²) in [6.45, 7) is 5.18. The molecule has 1 fully saturated rings. The maximum Gasteiger partial charge on any atom is 0.415 e. The van der Waals surface area contributed by atoms with E-state index in [1.807, 2.05) is 54.6 Å². The summed E-state index contributed by atoms with van der Waals surface area (Å²) >= 11 is 0. The van der Waals surface area contributed by atoms with Crippen LogP contribution in [0.2, 0.25) is 0 Å². The first kappa shape index (κ1) is 20.7. The molecule has 1 atom stereocenters. The summed E-state index contributed by atoms with van der Waals surface area (Å²) in [7, 11) is 0. The van der Waals surface area contributed by atoms with Gasteiger partial charge in [0.05, 0.1) is 6.04 Å². The molecule has 31 heavy (non-hydrogen) atoms. The molecular weight excluding hydrogens is 392 g/mol. The number of carbonyl (C=O) groups excluding carboxylic acids is 1. The van der Waals surface area contributed by atoms with Gasteiger partial charge in [-0.1, -0.05) is 44.2 Å². The van der Waals surface area contributed by atoms with Crippen LogP contribution < -0.4 is 15.0 Å². The number of amides is 1. The third-order valence-corrected chi connectivity index (χ3v) is 5.16. The van der Waals surface area contributed by atoms with Crippen LogP contribution in [-0.4, -0.2) is 35.3 Å². The number of hydrogen-bond donors (Lipinski definition) is 1. The Morgan fingerprint density at radius 3 is 2.58 bits per heavy atom. The van der Waals surface area contributed by atoms with Crippen LogP contribution in [0.25, 0.3) is 0 Å². The van der Waals surface area contributed by atoms with Crippen LogP contribution in [0.15, 0.2) is 66.9 Å². The van der Waals surface area contributed by atoms with Crippen LogP contribution in [0.3, 0.4) is 0 Å². The van der Waals surface area contributed by atoms with E-state index in [1.54, 1.807) is 17.2 Å². The standard InChI is InChI=1S/C24H26N4O3/c1-17(2)21-16-30-24(29)28(21)22-13-15-26-23(27-22)25-14-12-18-8-10-20(11-9-18)31-19-6-4-3-5-7-19/h3-11,13,15,17,21H,12,14,16H2,1-2H3,(H,25,26,27)/t21-/m1/s1. The monoisotopic (exact) mass is 418 g/mol. The Hall–Kier alpha value is -3.61. The molecule has 1 aromatic heterocycles. The van der Waals surface area contributed by atoms with Crippen molar-refractivity contribution in [3.05, 3.63) is 72.4 Å². The van der Waals surface area contributed by atoms with Gasteiger partial charge < -0.3 is 14.8 Å². The van der Waals surface area contributed by atoms with Gasteiger partial charge in [-0.15, -0.1) is 0 Å². The second kappa shape index (κ2) is 9.47. The number of carbonyl (C=O) groups is 1. The Morgan fingerprint density at radius 2 is 1.84 bits per heavy atom. The minimum atomic E-state index is -0.360. The molecule has 7 heteroatoms. The van der Waals surface area contributed by atoms with Crippen molar-refractivity contribution in [2.24, 2.45) is 5.92 Å². The van der Waals surface area contributed by atoms with Crippen LogP contribution >= 0.6 is 0 Å². The van der Waals surface area contributed by atoms with Gasteiger partial charge in [0.15, 0.2) is 0 Å². The molecule has 4 rings (SSSR count). The molecule has 0 unspecified atom stereocenters. The van der Waals surface area contributed by atoms with Gasteiger partial charge in [-0.2, -0.15) is 4.98 Å². The highest BCUT2D eigenvalue weighted by molar-refractivity contribution is 5.89. The molecule has 3 aromatic rings. The van der Waals surface area contributed by atoms with Gasteiger partial charge in [0.25, 0.3) is 0 Å². The van der Waals surface area contributed by atoms with E-state index in [2.05, 4.69) is 29.1 Å². The van der Waals surface area contributed by atoms with Crippen LogP contribution in [-0.2, 0) is 11.2 Å². The molecule has 0 bridgehead atoms. The zero-order chi connectivity index (χ0) is 21.6. The summed E-state index contributed by atoms with van der Waals surface area (Å²) in [4.78, 5) is 22.6. The van der Waals surface area contributed by atoms with E-state index >= 15 is 0 Å². The summed E-state index contributed by atoms with van der Waals surface area (Å²) in [6.07, 6.45) is 2.10. The lowest BCUT2D eigenvalue weighted by molar-refractivity contribution is 0.177. The van der Waals surface area contributed by atoms with Crippen molar-refractivity contribution < 1.29 is 14.3 Å². The molecule has 0 saturated carbocycles. The Labute approximate surface area is 182 Å². The molecule has 2 aromatic carbocycles. The highest BCUT2D eigenvalue weighted by Crippen LogP contribution is 2.26. The van der Waals surface area contributed by atoms with Crippen molar-refractivity contribution in [1.29, 1.82) is 0 Å². The Morgan fingerprint density at radius 1 is 1.10 bits per heavy atom. The van der Waals surface area contributed by atoms with E-state index in [-0.39, 0.29) is 18.1 Å². The van der Waals surface area contributed by atoms with E-state index in [4.69, 9.17) is 9.47 Å². The zero-order valence-electron chi connectivity index (χ0n) is 17.7. The third-order valence-electron chi connectivity index (χ3n) is 5.16. The third kappa shape index (κ3) is 5.12. The lowest BCUT2D eigenvalue weighted by Crippen LogP contribution is -2.37.